The molecular formula is C19H21FN4OS. The van der Waals surface area contributed by atoms with Crippen molar-refractivity contribution < 1.29 is 9.18 Å². The van der Waals surface area contributed by atoms with E-state index >= 15 is 0 Å². The van der Waals surface area contributed by atoms with E-state index in [1.807, 2.05) is 31.4 Å². The van der Waals surface area contributed by atoms with Gasteiger partial charge in [-0.2, -0.15) is 0 Å². The molecule has 3 aromatic rings. The van der Waals surface area contributed by atoms with Crippen molar-refractivity contribution in [3.05, 3.63) is 65.0 Å². The molecule has 0 aliphatic rings. The summed E-state index contributed by atoms with van der Waals surface area (Å²) in [6.07, 6.45) is 1.67. The third-order valence-corrected chi connectivity index (χ3v) is 5.36. The largest absolute Gasteiger partial charge is 0.344 e. The van der Waals surface area contributed by atoms with E-state index in [4.69, 9.17) is 0 Å². The molecule has 0 radical (unpaired) electrons. The zero-order valence-electron chi connectivity index (χ0n) is 15.1. The highest BCUT2D eigenvalue weighted by atomic mass is 32.2. The third-order valence-electron chi connectivity index (χ3n) is 4.38. The van der Waals surface area contributed by atoms with Crippen LogP contribution in [-0.2, 0) is 13.1 Å². The quantitative estimate of drug-likeness (QED) is 0.467. The minimum absolute atomic E-state index is 0.0686. The summed E-state index contributed by atoms with van der Waals surface area (Å²) in [6.45, 7) is 7.33. The molecule has 0 aliphatic heterocycles. The molecular weight excluding hydrogens is 351 g/mol. The predicted molar refractivity (Wildman–Crippen MR) is 100 cm³/mol. The molecule has 0 saturated carbocycles. The number of halogens is 1. The van der Waals surface area contributed by atoms with Crippen molar-refractivity contribution in [2.45, 2.75) is 39.0 Å². The predicted octanol–water partition coefficient (Wildman–Crippen LogP) is 3.88. The maximum absolute atomic E-state index is 13.1. The lowest BCUT2D eigenvalue weighted by atomic mass is 10.2. The number of rotatable bonds is 7. The maximum Gasteiger partial charge on any atom is 0.191 e. The average Bonchev–Trinajstić information content (AvgIpc) is 3.20. The molecule has 0 amide bonds. The van der Waals surface area contributed by atoms with E-state index in [9.17, 15) is 9.18 Å². The van der Waals surface area contributed by atoms with Crippen molar-refractivity contribution >= 4 is 17.5 Å². The highest BCUT2D eigenvalue weighted by molar-refractivity contribution is 7.99. The molecule has 0 fully saturated rings. The molecule has 0 unspecified atom stereocenters. The van der Waals surface area contributed by atoms with E-state index < -0.39 is 0 Å². The lowest BCUT2D eigenvalue weighted by Gasteiger charge is -2.10. The van der Waals surface area contributed by atoms with Gasteiger partial charge in [0.1, 0.15) is 12.1 Å². The molecule has 0 atom stereocenters. The normalized spacial score (nSPS) is 11.1. The lowest BCUT2D eigenvalue weighted by molar-refractivity contribution is 0.102. The molecule has 3 rings (SSSR count). The summed E-state index contributed by atoms with van der Waals surface area (Å²) in [6, 6.07) is 8.37. The second kappa shape index (κ2) is 7.86. The molecule has 136 valence electrons. The van der Waals surface area contributed by atoms with Crippen LogP contribution >= 0.6 is 11.8 Å². The lowest BCUT2D eigenvalue weighted by Crippen LogP contribution is -2.08. The van der Waals surface area contributed by atoms with Crippen molar-refractivity contribution in [3.8, 4) is 0 Å². The average molecular weight is 372 g/mol. The van der Waals surface area contributed by atoms with E-state index in [0.717, 1.165) is 34.2 Å². The van der Waals surface area contributed by atoms with Crippen LogP contribution in [0.3, 0.4) is 0 Å². The Morgan fingerprint density at radius 3 is 2.65 bits per heavy atom. The molecule has 0 aliphatic carbocycles. The van der Waals surface area contributed by atoms with Gasteiger partial charge in [-0.25, -0.2) is 4.39 Å². The summed E-state index contributed by atoms with van der Waals surface area (Å²) >= 11 is 1.40. The fourth-order valence-corrected chi connectivity index (χ4v) is 3.74. The third kappa shape index (κ3) is 3.88. The summed E-state index contributed by atoms with van der Waals surface area (Å²) in [5, 5.41) is 8.68. The van der Waals surface area contributed by atoms with Gasteiger partial charge in [0.05, 0.1) is 5.75 Å². The van der Waals surface area contributed by atoms with Crippen LogP contribution < -0.4 is 0 Å². The maximum atomic E-state index is 13.1. The van der Waals surface area contributed by atoms with Gasteiger partial charge in [0.15, 0.2) is 10.9 Å². The number of Topliss-reactive ketones (excluding diaryl/α,β-unsaturated/α-hetero) is 1. The van der Waals surface area contributed by atoms with E-state index in [1.165, 1.54) is 23.9 Å². The van der Waals surface area contributed by atoms with E-state index in [-0.39, 0.29) is 11.6 Å². The number of hydrogen-bond donors (Lipinski definition) is 0. The standard InChI is InChI=1S/C19H21FN4OS/c1-4-23-12-21-22-19(23)26-11-18(25)17-9-13(2)24(14(17)3)10-15-5-7-16(20)8-6-15/h5-9,12H,4,10-11H2,1-3H3. The number of hydrogen-bond acceptors (Lipinski definition) is 4. The number of benzene rings is 1. The first-order valence-electron chi connectivity index (χ1n) is 8.44. The highest BCUT2D eigenvalue weighted by Crippen LogP contribution is 2.22. The van der Waals surface area contributed by atoms with Crippen molar-refractivity contribution in [1.29, 1.82) is 0 Å². The highest BCUT2D eigenvalue weighted by Gasteiger charge is 2.17. The molecule has 0 bridgehead atoms. The first kappa shape index (κ1) is 18.4. The topological polar surface area (TPSA) is 52.7 Å². The fraction of sp³-hybridized carbons (Fsp3) is 0.316. The van der Waals surface area contributed by atoms with E-state index in [1.54, 1.807) is 18.5 Å². The van der Waals surface area contributed by atoms with Gasteiger partial charge in [0.2, 0.25) is 0 Å². The van der Waals surface area contributed by atoms with Crippen molar-refractivity contribution in [3.63, 3.8) is 0 Å². The Kier molecular flexibility index (Phi) is 5.56. The Morgan fingerprint density at radius 2 is 1.96 bits per heavy atom. The smallest absolute Gasteiger partial charge is 0.191 e. The summed E-state index contributed by atoms with van der Waals surface area (Å²) in [5.41, 5.74) is 3.66. The number of aryl methyl sites for hydroxylation is 2. The molecule has 0 saturated heterocycles. The Balaban J connectivity index is 1.74. The number of thioether (sulfide) groups is 1. The van der Waals surface area contributed by atoms with Gasteiger partial charge in [-0.1, -0.05) is 23.9 Å². The fourth-order valence-electron chi connectivity index (χ4n) is 2.88. The summed E-state index contributed by atoms with van der Waals surface area (Å²) in [5.74, 6) is 0.140. The molecule has 5 nitrogen and oxygen atoms in total. The summed E-state index contributed by atoms with van der Waals surface area (Å²) in [4.78, 5) is 12.7. The van der Waals surface area contributed by atoms with Crippen LogP contribution in [0.1, 0.15) is 34.2 Å². The molecule has 26 heavy (non-hydrogen) atoms. The van der Waals surface area contributed by atoms with Crippen LogP contribution in [0.2, 0.25) is 0 Å². The number of ketones is 1. The second-order valence-electron chi connectivity index (χ2n) is 6.11. The van der Waals surface area contributed by atoms with Crippen LogP contribution in [0, 0.1) is 19.7 Å². The van der Waals surface area contributed by atoms with Gasteiger partial charge in [-0.15, -0.1) is 10.2 Å². The monoisotopic (exact) mass is 372 g/mol. The molecule has 1 aromatic carbocycles. The molecule has 2 aromatic heterocycles. The van der Waals surface area contributed by atoms with E-state index in [0.29, 0.717) is 12.3 Å². The minimum Gasteiger partial charge on any atom is -0.344 e. The first-order valence-corrected chi connectivity index (χ1v) is 9.43. The number of carbonyl (C=O) groups is 1. The Bertz CT molecular complexity index is 914. The number of carbonyl (C=O) groups excluding carboxylic acids is 1. The molecule has 0 N–H and O–H groups in total. The van der Waals surface area contributed by atoms with Gasteiger partial charge >= 0.3 is 0 Å². The zero-order valence-corrected chi connectivity index (χ0v) is 15.9. The number of nitrogens with zero attached hydrogens (tertiary/aromatic N) is 4. The van der Waals surface area contributed by atoms with Crippen LogP contribution in [0.25, 0.3) is 0 Å². The summed E-state index contributed by atoms with van der Waals surface area (Å²) in [7, 11) is 0. The SMILES string of the molecule is CCn1cnnc1SCC(=O)c1cc(C)n(Cc2ccc(F)cc2)c1C. The first-order chi connectivity index (χ1) is 12.5. The molecule has 7 heteroatoms. The van der Waals surface area contributed by atoms with Crippen LogP contribution in [0.5, 0.6) is 0 Å². The summed E-state index contributed by atoms with van der Waals surface area (Å²) < 4.78 is 17.1. The van der Waals surface area contributed by atoms with Gasteiger partial charge in [-0.05, 0) is 44.5 Å². The Labute approximate surface area is 156 Å². The van der Waals surface area contributed by atoms with Gasteiger partial charge in [0, 0.05) is 30.0 Å². The minimum atomic E-state index is -0.248. The van der Waals surface area contributed by atoms with Crippen LogP contribution in [-0.4, -0.2) is 30.9 Å². The Hall–Kier alpha value is -2.41. The van der Waals surface area contributed by atoms with Gasteiger partial charge < -0.3 is 9.13 Å². The molecule has 0 spiro atoms. The zero-order chi connectivity index (χ0) is 18.7. The van der Waals surface area contributed by atoms with Crippen LogP contribution in [0.15, 0.2) is 41.8 Å². The van der Waals surface area contributed by atoms with Gasteiger partial charge in [-0.3, -0.25) is 4.79 Å². The van der Waals surface area contributed by atoms with E-state index in [2.05, 4.69) is 14.8 Å². The second-order valence-corrected chi connectivity index (χ2v) is 7.05. The molecule has 2 heterocycles. The number of aromatic nitrogens is 4. The van der Waals surface area contributed by atoms with Crippen LogP contribution in [0.4, 0.5) is 4.39 Å². The van der Waals surface area contributed by atoms with Crippen molar-refractivity contribution in [2.75, 3.05) is 5.75 Å². The van der Waals surface area contributed by atoms with Crippen molar-refractivity contribution in [2.24, 2.45) is 0 Å². The van der Waals surface area contributed by atoms with Crippen molar-refractivity contribution in [1.82, 2.24) is 19.3 Å². The van der Waals surface area contributed by atoms with Gasteiger partial charge in [0.25, 0.3) is 0 Å². The Morgan fingerprint density at radius 1 is 1.23 bits per heavy atom.